The summed E-state index contributed by atoms with van der Waals surface area (Å²) in [5, 5.41) is 7.34. The predicted octanol–water partition coefficient (Wildman–Crippen LogP) is 2.79. The zero-order chi connectivity index (χ0) is 14.7. The average Bonchev–Trinajstić information content (AvgIpc) is 2.67. The van der Waals surface area contributed by atoms with E-state index in [-0.39, 0.29) is 11.9 Å². The van der Waals surface area contributed by atoms with Crippen molar-refractivity contribution < 1.29 is 4.79 Å². The van der Waals surface area contributed by atoms with E-state index in [4.69, 9.17) is 0 Å². The number of carbonyl (C=O) groups excluding carboxylic acids is 1. The Hall–Kier alpha value is -2.17. The molecular formula is C15H20N4O. The van der Waals surface area contributed by atoms with E-state index in [1.165, 1.54) is 5.56 Å². The molecule has 1 amide bonds. The highest BCUT2D eigenvalue weighted by atomic mass is 16.1. The van der Waals surface area contributed by atoms with Crippen molar-refractivity contribution in [2.75, 3.05) is 5.32 Å². The van der Waals surface area contributed by atoms with Crippen LogP contribution < -0.4 is 5.32 Å². The summed E-state index contributed by atoms with van der Waals surface area (Å²) < 4.78 is 1.92. The van der Waals surface area contributed by atoms with Gasteiger partial charge in [0.1, 0.15) is 0 Å². The van der Waals surface area contributed by atoms with Crippen LogP contribution in [0.2, 0.25) is 0 Å². The van der Waals surface area contributed by atoms with Gasteiger partial charge in [0.2, 0.25) is 5.91 Å². The minimum atomic E-state index is -0.0318. The van der Waals surface area contributed by atoms with Crippen molar-refractivity contribution in [2.24, 2.45) is 0 Å². The van der Waals surface area contributed by atoms with Crippen molar-refractivity contribution in [3.63, 3.8) is 0 Å². The number of amides is 1. The van der Waals surface area contributed by atoms with Crippen LogP contribution in [-0.4, -0.2) is 20.7 Å². The normalized spacial score (nSPS) is 12.2. The van der Waals surface area contributed by atoms with Gasteiger partial charge in [-0.05, 0) is 45.4 Å². The molecule has 1 unspecified atom stereocenters. The molecule has 5 heteroatoms. The molecule has 106 valence electrons. The van der Waals surface area contributed by atoms with Gasteiger partial charge in [-0.1, -0.05) is 0 Å². The summed E-state index contributed by atoms with van der Waals surface area (Å²) in [5.41, 5.74) is 4.03. The first kappa shape index (κ1) is 14.2. The molecule has 20 heavy (non-hydrogen) atoms. The molecule has 0 radical (unpaired) electrons. The molecule has 1 atom stereocenters. The number of carbonyl (C=O) groups is 1. The summed E-state index contributed by atoms with van der Waals surface area (Å²) in [5.74, 6) is -0.0318. The van der Waals surface area contributed by atoms with Gasteiger partial charge < -0.3 is 5.32 Å². The fraction of sp³-hybridized carbons (Fsp3) is 0.400. The fourth-order valence-electron chi connectivity index (χ4n) is 2.18. The van der Waals surface area contributed by atoms with E-state index in [0.717, 1.165) is 11.4 Å². The fourth-order valence-corrected chi connectivity index (χ4v) is 2.18. The van der Waals surface area contributed by atoms with Crippen molar-refractivity contribution in [3.8, 4) is 0 Å². The second-order valence-electron chi connectivity index (χ2n) is 5.08. The van der Waals surface area contributed by atoms with Gasteiger partial charge in [-0.3, -0.25) is 14.5 Å². The van der Waals surface area contributed by atoms with Crippen LogP contribution in [0, 0.1) is 20.8 Å². The van der Waals surface area contributed by atoms with E-state index in [2.05, 4.69) is 22.3 Å². The summed E-state index contributed by atoms with van der Waals surface area (Å²) in [7, 11) is 0. The van der Waals surface area contributed by atoms with Crippen molar-refractivity contribution in [2.45, 2.75) is 40.2 Å². The molecule has 2 aromatic rings. The van der Waals surface area contributed by atoms with E-state index >= 15 is 0 Å². The Kier molecular flexibility index (Phi) is 4.17. The third kappa shape index (κ3) is 3.04. The van der Waals surface area contributed by atoms with Gasteiger partial charge in [-0.15, -0.1) is 0 Å². The third-order valence-corrected chi connectivity index (χ3v) is 3.53. The molecule has 2 heterocycles. The lowest BCUT2D eigenvalue weighted by Gasteiger charge is -2.14. The van der Waals surface area contributed by atoms with Gasteiger partial charge >= 0.3 is 0 Å². The lowest BCUT2D eigenvalue weighted by molar-refractivity contribution is -0.116. The van der Waals surface area contributed by atoms with Crippen molar-refractivity contribution >= 4 is 11.6 Å². The van der Waals surface area contributed by atoms with E-state index in [1.807, 2.05) is 31.5 Å². The van der Waals surface area contributed by atoms with Gasteiger partial charge in [-0.2, -0.15) is 5.10 Å². The molecule has 2 rings (SSSR count). The minimum absolute atomic E-state index is 0.0269. The molecule has 0 aliphatic carbocycles. The molecule has 0 spiro atoms. The SMILES string of the molecule is Cc1nn(C(C)CC(=O)Nc2cccnc2)c(C)c1C. The molecule has 0 fully saturated rings. The van der Waals surface area contributed by atoms with Crippen LogP contribution in [0.5, 0.6) is 0 Å². The number of hydrogen-bond acceptors (Lipinski definition) is 3. The molecule has 0 aliphatic rings. The lowest BCUT2D eigenvalue weighted by atomic mass is 10.2. The number of anilines is 1. The Labute approximate surface area is 119 Å². The van der Waals surface area contributed by atoms with Gasteiger partial charge in [0.05, 0.1) is 23.6 Å². The summed E-state index contributed by atoms with van der Waals surface area (Å²) in [6, 6.07) is 3.64. The van der Waals surface area contributed by atoms with Crippen LogP contribution in [0.3, 0.4) is 0 Å². The molecule has 0 saturated carbocycles. The molecule has 0 aromatic carbocycles. The number of aryl methyl sites for hydroxylation is 1. The Bertz CT molecular complexity index is 604. The molecule has 2 aromatic heterocycles. The number of hydrogen-bond donors (Lipinski definition) is 1. The Morgan fingerprint density at radius 1 is 1.40 bits per heavy atom. The van der Waals surface area contributed by atoms with E-state index < -0.39 is 0 Å². The molecule has 0 aliphatic heterocycles. The average molecular weight is 272 g/mol. The molecule has 5 nitrogen and oxygen atoms in total. The second kappa shape index (κ2) is 5.86. The maximum absolute atomic E-state index is 12.0. The zero-order valence-corrected chi connectivity index (χ0v) is 12.3. The predicted molar refractivity (Wildman–Crippen MR) is 78.6 cm³/mol. The van der Waals surface area contributed by atoms with Crippen LogP contribution in [-0.2, 0) is 4.79 Å². The van der Waals surface area contributed by atoms with E-state index in [1.54, 1.807) is 18.5 Å². The first-order valence-corrected chi connectivity index (χ1v) is 6.71. The number of rotatable bonds is 4. The summed E-state index contributed by atoms with van der Waals surface area (Å²) >= 11 is 0. The topological polar surface area (TPSA) is 59.8 Å². The standard InChI is InChI=1S/C15H20N4O/c1-10(19-13(4)11(2)12(3)18-19)8-15(20)17-14-6-5-7-16-9-14/h5-7,9-10H,8H2,1-4H3,(H,17,20). The number of pyridine rings is 1. The van der Waals surface area contributed by atoms with Crippen LogP contribution in [0.4, 0.5) is 5.69 Å². The third-order valence-electron chi connectivity index (χ3n) is 3.53. The summed E-state index contributed by atoms with van der Waals surface area (Å²) in [4.78, 5) is 16.0. The highest BCUT2D eigenvalue weighted by Crippen LogP contribution is 2.19. The van der Waals surface area contributed by atoms with Crippen LogP contribution >= 0.6 is 0 Å². The number of aromatic nitrogens is 3. The summed E-state index contributed by atoms with van der Waals surface area (Å²) in [6.07, 6.45) is 3.70. The van der Waals surface area contributed by atoms with Gasteiger partial charge in [-0.25, -0.2) is 0 Å². The first-order valence-electron chi connectivity index (χ1n) is 6.71. The Balaban J connectivity index is 2.02. The highest BCUT2D eigenvalue weighted by Gasteiger charge is 2.16. The Morgan fingerprint density at radius 2 is 2.15 bits per heavy atom. The minimum Gasteiger partial charge on any atom is -0.325 e. The molecule has 0 bridgehead atoms. The lowest BCUT2D eigenvalue weighted by Crippen LogP contribution is -2.19. The number of nitrogens with one attached hydrogen (secondary N) is 1. The molecule has 1 N–H and O–H groups in total. The van der Waals surface area contributed by atoms with Gasteiger partial charge in [0.15, 0.2) is 0 Å². The smallest absolute Gasteiger partial charge is 0.226 e. The van der Waals surface area contributed by atoms with Gasteiger partial charge in [0, 0.05) is 18.3 Å². The maximum Gasteiger partial charge on any atom is 0.226 e. The van der Waals surface area contributed by atoms with Crippen LogP contribution in [0.25, 0.3) is 0 Å². The monoisotopic (exact) mass is 272 g/mol. The summed E-state index contributed by atoms with van der Waals surface area (Å²) in [6.45, 7) is 8.07. The first-order chi connectivity index (χ1) is 9.49. The van der Waals surface area contributed by atoms with Crippen molar-refractivity contribution in [3.05, 3.63) is 41.5 Å². The maximum atomic E-state index is 12.0. The number of nitrogens with zero attached hydrogens (tertiary/aromatic N) is 3. The van der Waals surface area contributed by atoms with Crippen molar-refractivity contribution in [1.29, 1.82) is 0 Å². The van der Waals surface area contributed by atoms with Crippen LogP contribution in [0.1, 0.15) is 36.3 Å². The molecule has 0 saturated heterocycles. The van der Waals surface area contributed by atoms with Crippen LogP contribution in [0.15, 0.2) is 24.5 Å². The quantitative estimate of drug-likeness (QED) is 0.931. The highest BCUT2D eigenvalue weighted by molar-refractivity contribution is 5.90. The van der Waals surface area contributed by atoms with Gasteiger partial charge in [0.25, 0.3) is 0 Å². The van der Waals surface area contributed by atoms with E-state index in [0.29, 0.717) is 12.1 Å². The Morgan fingerprint density at radius 3 is 2.70 bits per heavy atom. The zero-order valence-electron chi connectivity index (χ0n) is 12.3. The molecular weight excluding hydrogens is 252 g/mol. The second-order valence-corrected chi connectivity index (χ2v) is 5.08. The largest absolute Gasteiger partial charge is 0.325 e. The van der Waals surface area contributed by atoms with E-state index in [9.17, 15) is 4.79 Å². The van der Waals surface area contributed by atoms with Crippen molar-refractivity contribution in [1.82, 2.24) is 14.8 Å².